The highest BCUT2D eigenvalue weighted by Crippen LogP contribution is 2.30. The number of anilines is 1. The second-order valence-electron chi connectivity index (χ2n) is 5.40. The quantitative estimate of drug-likeness (QED) is 0.603. The average Bonchev–Trinajstić information content (AvgIpc) is 2.66. The molecule has 1 heterocycles. The number of rotatable bonds is 5. The number of nitrogens with zero attached hydrogens (tertiary/aromatic N) is 2. The third-order valence-corrected chi connectivity index (χ3v) is 5.04. The van der Waals surface area contributed by atoms with Gasteiger partial charge in [-0.2, -0.15) is 5.26 Å². The Hall–Kier alpha value is -2.62. The van der Waals surface area contributed by atoms with E-state index in [1.165, 1.54) is 11.8 Å². The molecule has 0 unspecified atom stereocenters. The minimum Gasteiger partial charge on any atom is -0.322 e. The van der Waals surface area contributed by atoms with Gasteiger partial charge < -0.3 is 5.32 Å². The molecule has 0 aliphatic carbocycles. The highest BCUT2D eigenvalue weighted by atomic mass is 79.9. The van der Waals surface area contributed by atoms with Crippen LogP contribution >= 0.6 is 27.7 Å². The summed E-state index contributed by atoms with van der Waals surface area (Å²) < 4.78 is 0.910. The number of carbonyl (C=O) groups is 1. The smallest absolute Gasteiger partial charge is 0.256 e. The van der Waals surface area contributed by atoms with Crippen LogP contribution in [0.2, 0.25) is 0 Å². The molecule has 3 aromatic rings. The van der Waals surface area contributed by atoms with Crippen molar-refractivity contribution >= 4 is 39.3 Å². The molecule has 4 nitrogen and oxygen atoms in total. The van der Waals surface area contributed by atoms with E-state index in [0.717, 1.165) is 20.0 Å². The van der Waals surface area contributed by atoms with Crippen molar-refractivity contribution in [2.24, 2.45) is 0 Å². The number of nitriles is 1. The Morgan fingerprint density at radius 3 is 2.58 bits per heavy atom. The predicted molar refractivity (Wildman–Crippen MR) is 106 cm³/mol. The topological polar surface area (TPSA) is 65.8 Å². The van der Waals surface area contributed by atoms with Crippen molar-refractivity contribution < 1.29 is 4.79 Å². The number of benzene rings is 2. The Kier molecular flexibility index (Phi) is 6.05. The first-order valence-corrected chi connectivity index (χ1v) is 9.42. The SMILES string of the molecule is N#CCc1ccc(NC(=O)c2ccccc2Sc2ccc(Br)cn2)cc1. The summed E-state index contributed by atoms with van der Waals surface area (Å²) in [5.74, 6) is -0.182. The monoisotopic (exact) mass is 423 g/mol. The molecule has 128 valence electrons. The first-order chi connectivity index (χ1) is 12.7. The van der Waals surface area contributed by atoms with Crippen LogP contribution in [0.4, 0.5) is 5.69 Å². The number of nitrogens with one attached hydrogen (secondary N) is 1. The molecule has 26 heavy (non-hydrogen) atoms. The van der Waals surface area contributed by atoms with Gasteiger partial charge in [0.05, 0.1) is 18.1 Å². The molecule has 0 aliphatic rings. The normalized spacial score (nSPS) is 10.2. The van der Waals surface area contributed by atoms with E-state index in [9.17, 15) is 4.79 Å². The Morgan fingerprint density at radius 1 is 1.12 bits per heavy atom. The van der Waals surface area contributed by atoms with Gasteiger partial charge in [-0.25, -0.2) is 4.98 Å². The number of aromatic nitrogens is 1. The zero-order valence-corrected chi connectivity index (χ0v) is 16.0. The molecule has 1 amide bonds. The lowest BCUT2D eigenvalue weighted by Gasteiger charge is -2.10. The van der Waals surface area contributed by atoms with E-state index in [0.29, 0.717) is 17.7 Å². The highest BCUT2D eigenvalue weighted by Gasteiger charge is 2.13. The molecule has 6 heteroatoms. The molecule has 1 N–H and O–H groups in total. The van der Waals surface area contributed by atoms with E-state index in [-0.39, 0.29) is 5.91 Å². The van der Waals surface area contributed by atoms with E-state index in [4.69, 9.17) is 5.26 Å². The molecular weight excluding hydrogens is 410 g/mol. The molecule has 0 fully saturated rings. The molecular formula is C20H14BrN3OS. The van der Waals surface area contributed by atoms with Crippen molar-refractivity contribution in [3.8, 4) is 6.07 Å². The van der Waals surface area contributed by atoms with Gasteiger partial charge in [0.15, 0.2) is 0 Å². The number of pyridine rings is 1. The van der Waals surface area contributed by atoms with Crippen molar-refractivity contribution in [3.05, 3.63) is 82.5 Å². The van der Waals surface area contributed by atoms with Crippen LogP contribution in [0.5, 0.6) is 0 Å². The summed E-state index contributed by atoms with van der Waals surface area (Å²) in [4.78, 5) is 17.9. The van der Waals surface area contributed by atoms with Crippen molar-refractivity contribution in [1.29, 1.82) is 5.26 Å². The van der Waals surface area contributed by atoms with Crippen LogP contribution in [0.25, 0.3) is 0 Å². The van der Waals surface area contributed by atoms with Gasteiger partial charge in [0, 0.05) is 21.3 Å². The van der Waals surface area contributed by atoms with Crippen LogP contribution in [0, 0.1) is 11.3 Å². The van der Waals surface area contributed by atoms with Crippen LogP contribution in [0.3, 0.4) is 0 Å². The van der Waals surface area contributed by atoms with Crippen molar-refractivity contribution in [2.75, 3.05) is 5.32 Å². The van der Waals surface area contributed by atoms with Gasteiger partial charge in [-0.05, 0) is 57.9 Å². The number of hydrogen-bond acceptors (Lipinski definition) is 4. The summed E-state index contributed by atoms with van der Waals surface area (Å²) in [5.41, 5.74) is 2.20. The molecule has 0 saturated carbocycles. The number of hydrogen-bond donors (Lipinski definition) is 1. The fourth-order valence-electron chi connectivity index (χ4n) is 2.27. The Labute approximate surface area is 164 Å². The summed E-state index contributed by atoms with van der Waals surface area (Å²) in [5, 5.41) is 12.4. The minimum atomic E-state index is -0.182. The van der Waals surface area contributed by atoms with Gasteiger partial charge in [-0.15, -0.1) is 0 Å². The van der Waals surface area contributed by atoms with Crippen molar-refractivity contribution in [3.63, 3.8) is 0 Å². The van der Waals surface area contributed by atoms with Crippen LogP contribution in [-0.2, 0) is 6.42 Å². The van der Waals surface area contributed by atoms with Gasteiger partial charge in [0.1, 0.15) is 5.03 Å². The van der Waals surface area contributed by atoms with Gasteiger partial charge >= 0.3 is 0 Å². The largest absolute Gasteiger partial charge is 0.322 e. The summed E-state index contributed by atoms with van der Waals surface area (Å²) in [6.07, 6.45) is 2.09. The molecule has 2 aromatic carbocycles. The standard InChI is InChI=1S/C20H14BrN3OS/c21-15-7-10-19(23-13-15)26-18-4-2-1-3-17(18)20(25)24-16-8-5-14(6-9-16)11-12-22/h1-10,13H,11H2,(H,24,25). The number of carbonyl (C=O) groups excluding carboxylic acids is 1. The summed E-state index contributed by atoms with van der Waals surface area (Å²) in [7, 11) is 0. The molecule has 0 saturated heterocycles. The summed E-state index contributed by atoms with van der Waals surface area (Å²) in [6, 6.07) is 20.6. The van der Waals surface area contributed by atoms with E-state index >= 15 is 0 Å². The molecule has 0 aliphatic heterocycles. The molecule has 1 aromatic heterocycles. The molecule has 0 radical (unpaired) electrons. The number of amides is 1. The first kappa shape index (κ1) is 18.2. The Bertz CT molecular complexity index is 950. The average molecular weight is 424 g/mol. The molecule has 3 rings (SSSR count). The lowest BCUT2D eigenvalue weighted by Crippen LogP contribution is -2.13. The summed E-state index contributed by atoms with van der Waals surface area (Å²) >= 11 is 4.81. The fraction of sp³-hybridized carbons (Fsp3) is 0.0500. The zero-order chi connectivity index (χ0) is 18.4. The lowest BCUT2D eigenvalue weighted by molar-refractivity contribution is 0.102. The van der Waals surface area contributed by atoms with E-state index in [2.05, 4.69) is 32.3 Å². The minimum absolute atomic E-state index is 0.182. The van der Waals surface area contributed by atoms with Gasteiger partial charge in [-0.3, -0.25) is 4.79 Å². The van der Waals surface area contributed by atoms with Crippen LogP contribution < -0.4 is 5.32 Å². The molecule has 0 spiro atoms. The third kappa shape index (κ3) is 4.72. The van der Waals surface area contributed by atoms with Gasteiger partial charge in [-0.1, -0.05) is 36.0 Å². The fourth-order valence-corrected chi connectivity index (χ4v) is 3.39. The van der Waals surface area contributed by atoms with E-state index < -0.39 is 0 Å². The number of halogens is 1. The first-order valence-electron chi connectivity index (χ1n) is 7.81. The van der Waals surface area contributed by atoms with Crippen LogP contribution in [0.1, 0.15) is 15.9 Å². The van der Waals surface area contributed by atoms with Crippen molar-refractivity contribution in [2.45, 2.75) is 16.3 Å². The van der Waals surface area contributed by atoms with Gasteiger partial charge in [0.25, 0.3) is 5.91 Å². The second-order valence-corrected chi connectivity index (χ2v) is 7.38. The predicted octanol–water partition coefficient (Wildman–Crippen LogP) is 5.31. The zero-order valence-electron chi connectivity index (χ0n) is 13.6. The van der Waals surface area contributed by atoms with Crippen LogP contribution in [-0.4, -0.2) is 10.9 Å². The maximum Gasteiger partial charge on any atom is 0.256 e. The molecule has 0 bridgehead atoms. The highest BCUT2D eigenvalue weighted by molar-refractivity contribution is 9.10. The van der Waals surface area contributed by atoms with Crippen molar-refractivity contribution in [1.82, 2.24) is 4.98 Å². The Balaban J connectivity index is 1.77. The van der Waals surface area contributed by atoms with E-state index in [1.54, 1.807) is 24.4 Å². The maximum absolute atomic E-state index is 12.7. The van der Waals surface area contributed by atoms with Gasteiger partial charge in [0.2, 0.25) is 0 Å². The lowest BCUT2D eigenvalue weighted by atomic mass is 10.1. The van der Waals surface area contributed by atoms with E-state index in [1.807, 2.05) is 42.5 Å². The third-order valence-electron chi connectivity index (χ3n) is 3.54. The maximum atomic E-state index is 12.7. The molecule has 0 atom stereocenters. The second kappa shape index (κ2) is 8.65. The summed E-state index contributed by atoms with van der Waals surface area (Å²) in [6.45, 7) is 0. The van der Waals surface area contributed by atoms with Crippen LogP contribution in [0.15, 0.2) is 81.3 Å². The Morgan fingerprint density at radius 2 is 1.88 bits per heavy atom.